The maximum atomic E-state index is 12.6. The van der Waals surface area contributed by atoms with E-state index in [-0.39, 0.29) is 26.2 Å². The Bertz CT molecular complexity index is 559. The summed E-state index contributed by atoms with van der Waals surface area (Å²) in [5, 5.41) is 1.16. The van der Waals surface area contributed by atoms with Crippen LogP contribution in [0.1, 0.15) is 109 Å². The average Bonchev–Trinajstić information content (AvgIpc) is 2.43. The highest BCUT2D eigenvalue weighted by Gasteiger charge is 2.53. The van der Waals surface area contributed by atoms with Crippen molar-refractivity contribution in [1.82, 2.24) is 0 Å². The van der Waals surface area contributed by atoms with Crippen LogP contribution in [-0.4, -0.2) is 38.2 Å². The van der Waals surface area contributed by atoms with Gasteiger partial charge in [-0.05, 0) is 63.0 Å². The number of carbonyl (C=O) groups is 1. The van der Waals surface area contributed by atoms with Crippen LogP contribution in [0, 0.1) is 17.8 Å². The summed E-state index contributed by atoms with van der Waals surface area (Å²) in [5.41, 5.74) is 0.823. The van der Waals surface area contributed by atoms with Crippen molar-refractivity contribution in [3.63, 3.8) is 0 Å². The first kappa shape index (κ1) is 25.8. The minimum Gasteiger partial charge on any atom is -0.300 e. The third-order valence-electron chi connectivity index (χ3n) is 7.74. The molecular weight excluding hydrogens is 390 g/mol. The van der Waals surface area contributed by atoms with Crippen LogP contribution in [0.2, 0.25) is 0 Å². The number of Topliss-reactive ketones (excluding diaryl/α,β-unsaturated/α-hetero) is 1. The van der Waals surface area contributed by atoms with Crippen LogP contribution in [-0.2, 0) is 4.79 Å². The molecule has 1 saturated carbocycles. The van der Waals surface area contributed by atoms with Crippen LogP contribution in [0.3, 0.4) is 0 Å². The summed E-state index contributed by atoms with van der Waals surface area (Å²) in [6, 6.07) is 0. The number of hydrogen-bond donors (Lipinski definition) is 0. The van der Waals surface area contributed by atoms with E-state index in [4.69, 9.17) is 0 Å². The van der Waals surface area contributed by atoms with Gasteiger partial charge in [-0.1, -0.05) is 98.9 Å². The first-order valence-electron chi connectivity index (χ1n) is 11.9. The second-order valence-electron chi connectivity index (χ2n) is 13.6. The quantitative estimate of drug-likeness (QED) is 0.402. The normalized spacial score (nSPS) is 33.9. The van der Waals surface area contributed by atoms with Crippen LogP contribution >= 0.6 is 15.8 Å². The Morgan fingerprint density at radius 3 is 1.69 bits per heavy atom. The van der Waals surface area contributed by atoms with E-state index in [1.165, 1.54) is 19.0 Å². The molecule has 0 aromatic carbocycles. The molecule has 1 saturated heterocycles. The number of ketones is 1. The van der Waals surface area contributed by atoms with Gasteiger partial charge in [-0.3, -0.25) is 4.79 Å². The topological polar surface area (TPSA) is 17.1 Å². The van der Waals surface area contributed by atoms with Crippen molar-refractivity contribution in [3.05, 3.63) is 0 Å². The molecule has 0 bridgehead atoms. The molecule has 2 rings (SSSR count). The van der Waals surface area contributed by atoms with E-state index in [0.29, 0.717) is 16.1 Å². The van der Waals surface area contributed by atoms with Crippen molar-refractivity contribution in [2.75, 3.05) is 6.16 Å². The smallest absolute Gasteiger partial charge is 0.134 e. The maximum Gasteiger partial charge on any atom is 0.134 e. The Balaban J connectivity index is 2.44. The monoisotopic (exact) mass is 440 g/mol. The van der Waals surface area contributed by atoms with Gasteiger partial charge in [-0.25, -0.2) is 0 Å². The van der Waals surface area contributed by atoms with Gasteiger partial charge in [0.1, 0.15) is 5.78 Å². The second kappa shape index (κ2) is 8.47. The molecule has 0 aromatic heterocycles. The molecule has 170 valence electrons. The molecule has 1 aliphatic heterocycles. The summed E-state index contributed by atoms with van der Waals surface area (Å²) >= 11 is 0. The fraction of sp³-hybridized carbons (Fsp3) is 0.962. The van der Waals surface area contributed by atoms with Gasteiger partial charge in [0, 0.05) is 12.8 Å². The van der Waals surface area contributed by atoms with Gasteiger partial charge in [0.2, 0.25) is 0 Å². The third kappa shape index (κ3) is 5.86. The Kier molecular flexibility index (Phi) is 7.53. The molecule has 0 amide bonds. The van der Waals surface area contributed by atoms with E-state index < -0.39 is 0 Å². The Labute approximate surface area is 185 Å². The van der Waals surface area contributed by atoms with Crippen molar-refractivity contribution in [3.8, 4) is 0 Å². The first-order chi connectivity index (χ1) is 12.9. The van der Waals surface area contributed by atoms with Gasteiger partial charge in [0.25, 0.3) is 0 Å². The fourth-order valence-corrected chi connectivity index (χ4v) is 16.4. The lowest BCUT2D eigenvalue weighted by molar-refractivity contribution is -0.120. The van der Waals surface area contributed by atoms with Gasteiger partial charge < -0.3 is 0 Å². The first-order valence-corrected chi connectivity index (χ1v) is 14.9. The lowest BCUT2D eigenvalue weighted by Crippen LogP contribution is -2.48. The van der Waals surface area contributed by atoms with Gasteiger partial charge in [0.05, 0.1) is 0 Å². The van der Waals surface area contributed by atoms with Crippen LogP contribution in [0.25, 0.3) is 0 Å². The summed E-state index contributed by atoms with van der Waals surface area (Å²) in [6.07, 6.45) is 5.82. The number of carbonyl (C=O) groups excluding carboxylic acids is 1. The second-order valence-corrected chi connectivity index (χ2v) is 21.3. The third-order valence-corrected chi connectivity index (χ3v) is 16.0. The zero-order valence-electron chi connectivity index (χ0n) is 21.6. The van der Waals surface area contributed by atoms with Crippen LogP contribution in [0.5, 0.6) is 0 Å². The number of rotatable bonds is 3. The molecule has 0 aromatic rings. The molecular formula is C26H50OP2. The molecule has 1 nitrogen and oxygen atoms in total. The molecule has 2 fully saturated rings. The minimum atomic E-state index is -0.201. The number of hydrogen-bond acceptors (Lipinski definition) is 1. The molecule has 0 radical (unpaired) electrons. The Morgan fingerprint density at radius 2 is 1.28 bits per heavy atom. The summed E-state index contributed by atoms with van der Waals surface area (Å²) in [4.78, 5) is 12.6. The highest BCUT2D eigenvalue weighted by Crippen LogP contribution is 2.72. The molecule has 3 heteroatoms. The highest BCUT2D eigenvalue weighted by atomic mass is 31.1. The molecule has 1 aliphatic carbocycles. The van der Waals surface area contributed by atoms with Crippen molar-refractivity contribution in [2.24, 2.45) is 17.8 Å². The predicted octanol–water partition coefficient (Wildman–Crippen LogP) is 8.52. The Hall–Kier alpha value is 0.530. The lowest BCUT2D eigenvalue weighted by atomic mass is 9.76. The highest BCUT2D eigenvalue weighted by molar-refractivity contribution is 7.62. The SMILES string of the molecule is CC1CC(CP(C(C)(C)C)C(C)(C)C)C(P2C(C)(C)CC(=O)CC2(C)C)CC1C. The molecule has 1 heterocycles. The molecule has 4 atom stereocenters. The zero-order valence-corrected chi connectivity index (χ0v) is 23.4. The van der Waals surface area contributed by atoms with Crippen molar-refractivity contribution in [2.45, 2.75) is 135 Å². The van der Waals surface area contributed by atoms with Crippen molar-refractivity contribution >= 4 is 21.6 Å². The van der Waals surface area contributed by atoms with Crippen molar-refractivity contribution in [1.29, 1.82) is 0 Å². The molecule has 29 heavy (non-hydrogen) atoms. The van der Waals surface area contributed by atoms with Crippen LogP contribution < -0.4 is 0 Å². The molecule has 2 aliphatic rings. The Morgan fingerprint density at radius 1 is 0.862 bits per heavy atom. The maximum absolute atomic E-state index is 12.6. The van der Waals surface area contributed by atoms with Gasteiger partial charge >= 0.3 is 0 Å². The van der Waals surface area contributed by atoms with E-state index in [1.54, 1.807) is 0 Å². The van der Waals surface area contributed by atoms with E-state index in [2.05, 4.69) is 83.1 Å². The van der Waals surface area contributed by atoms with Crippen molar-refractivity contribution < 1.29 is 4.79 Å². The van der Waals surface area contributed by atoms with E-state index >= 15 is 0 Å². The van der Waals surface area contributed by atoms with Crippen LogP contribution in [0.15, 0.2) is 0 Å². The predicted molar refractivity (Wildman–Crippen MR) is 135 cm³/mol. The summed E-state index contributed by atoms with van der Waals surface area (Å²) in [5.74, 6) is 2.99. The summed E-state index contributed by atoms with van der Waals surface area (Å²) in [6.45, 7) is 29.6. The lowest BCUT2D eigenvalue weighted by Gasteiger charge is -2.57. The summed E-state index contributed by atoms with van der Waals surface area (Å²) in [7, 11) is -0.274. The summed E-state index contributed by atoms with van der Waals surface area (Å²) < 4.78 is 0. The molecule has 0 N–H and O–H groups in total. The van der Waals surface area contributed by atoms with Gasteiger partial charge in [-0.2, -0.15) is 0 Å². The fourth-order valence-electron chi connectivity index (χ4n) is 6.89. The van der Waals surface area contributed by atoms with Crippen LogP contribution in [0.4, 0.5) is 0 Å². The average molecular weight is 441 g/mol. The van der Waals surface area contributed by atoms with E-state index in [1.807, 2.05) is 0 Å². The van der Waals surface area contributed by atoms with Gasteiger partial charge in [-0.15, -0.1) is 0 Å². The molecule has 4 unspecified atom stereocenters. The standard InChI is InChI=1S/C26H50OP2/c1-18-13-20(17-28(23(3,4)5)24(6,7)8)22(14-19(18)2)29-25(9,10)15-21(27)16-26(29,11)12/h18-20,22H,13-17H2,1-12H3. The largest absolute Gasteiger partial charge is 0.300 e. The van der Waals surface area contributed by atoms with E-state index in [9.17, 15) is 4.79 Å². The van der Waals surface area contributed by atoms with E-state index in [0.717, 1.165) is 36.3 Å². The zero-order chi connectivity index (χ0) is 22.6. The van der Waals surface area contributed by atoms with Gasteiger partial charge in [0.15, 0.2) is 0 Å². The molecule has 0 spiro atoms. The minimum absolute atomic E-state index is 0.0737.